The Morgan fingerprint density at radius 3 is 2.76 bits per heavy atom. The van der Waals surface area contributed by atoms with Crippen molar-refractivity contribution in [2.75, 3.05) is 39.3 Å². The van der Waals surface area contributed by atoms with Crippen molar-refractivity contribution in [3.8, 4) is 5.75 Å². The Morgan fingerprint density at radius 1 is 1.24 bits per heavy atom. The highest BCUT2D eigenvalue weighted by Gasteiger charge is 2.28. The molecule has 21 heavy (non-hydrogen) atoms. The van der Waals surface area contributed by atoms with Gasteiger partial charge in [0.25, 0.3) is 0 Å². The van der Waals surface area contributed by atoms with Gasteiger partial charge in [-0.2, -0.15) is 0 Å². The van der Waals surface area contributed by atoms with Gasteiger partial charge in [-0.25, -0.2) is 0 Å². The summed E-state index contributed by atoms with van der Waals surface area (Å²) in [5.74, 6) is 0.348. The Bertz CT molecular complexity index is 468. The summed E-state index contributed by atoms with van der Waals surface area (Å²) in [7, 11) is 0. The number of aromatic hydroxyl groups is 1. The maximum absolute atomic E-state index is 9.61. The first kappa shape index (κ1) is 17.0. The highest BCUT2D eigenvalue weighted by molar-refractivity contribution is 9.10. The van der Waals surface area contributed by atoms with Gasteiger partial charge in [0.05, 0.1) is 0 Å². The van der Waals surface area contributed by atoms with E-state index in [9.17, 15) is 5.11 Å². The molecule has 0 amide bonds. The Hall–Kier alpha value is -0.330. The van der Waals surface area contributed by atoms with Gasteiger partial charge in [0.15, 0.2) is 0 Å². The van der Waals surface area contributed by atoms with Gasteiger partial charge in [-0.15, -0.1) is 12.4 Å². The molecule has 2 saturated heterocycles. The van der Waals surface area contributed by atoms with E-state index in [1.54, 1.807) is 6.07 Å². The molecule has 0 aliphatic carbocycles. The van der Waals surface area contributed by atoms with Crippen LogP contribution in [0, 0.1) is 0 Å². The molecule has 0 spiro atoms. The lowest BCUT2D eigenvalue weighted by Crippen LogP contribution is -2.49. The zero-order chi connectivity index (χ0) is 13.9. The molecule has 2 aliphatic rings. The third-order valence-corrected chi connectivity index (χ3v) is 5.11. The Kier molecular flexibility index (Phi) is 6.32. The van der Waals surface area contributed by atoms with Gasteiger partial charge in [-0.3, -0.25) is 9.80 Å². The molecule has 1 aromatic rings. The average Bonchev–Trinajstić information content (AvgIpc) is 2.92. The third kappa shape index (κ3) is 4.33. The van der Waals surface area contributed by atoms with Crippen LogP contribution in [-0.4, -0.2) is 60.2 Å². The molecule has 0 bridgehead atoms. The SMILES string of the molecule is Cl.Oc1ccc(Br)c(CN2CCC(N3CCNCC3)C2)c1. The van der Waals surface area contributed by atoms with E-state index in [1.165, 1.54) is 25.1 Å². The van der Waals surface area contributed by atoms with Crippen LogP contribution in [0.15, 0.2) is 22.7 Å². The minimum atomic E-state index is 0. The van der Waals surface area contributed by atoms with Crippen LogP contribution in [0.1, 0.15) is 12.0 Å². The zero-order valence-corrected chi connectivity index (χ0v) is 14.5. The molecule has 6 heteroatoms. The van der Waals surface area contributed by atoms with Crippen LogP contribution < -0.4 is 5.32 Å². The third-order valence-electron chi connectivity index (χ3n) is 4.34. The van der Waals surface area contributed by atoms with Crippen LogP contribution >= 0.6 is 28.3 Å². The largest absolute Gasteiger partial charge is 0.508 e. The lowest BCUT2D eigenvalue weighted by atomic mass is 10.2. The predicted molar refractivity (Wildman–Crippen MR) is 91.2 cm³/mol. The van der Waals surface area contributed by atoms with E-state index in [4.69, 9.17) is 0 Å². The smallest absolute Gasteiger partial charge is 0.115 e. The molecule has 4 nitrogen and oxygen atoms in total. The molecule has 1 unspecified atom stereocenters. The van der Waals surface area contributed by atoms with E-state index < -0.39 is 0 Å². The molecule has 2 aliphatic heterocycles. The first-order valence-electron chi connectivity index (χ1n) is 7.37. The van der Waals surface area contributed by atoms with Crippen LogP contribution in [0.3, 0.4) is 0 Å². The molecule has 0 radical (unpaired) electrons. The van der Waals surface area contributed by atoms with E-state index in [-0.39, 0.29) is 12.4 Å². The molecular formula is C15H23BrClN3O. The average molecular weight is 377 g/mol. The van der Waals surface area contributed by atoms with Gasteiger partial charge < -0.3 is 10.4 Å². The van der Waals surface area contributed by atoms with E-state index in [2.05, 4.69) is 31.0 Å². The lowest BCUT2D eigenvalue weighted by molar-refractivity contribution is 0.170. The monoisotopic (exact) mass is 375 g/mol. The molecular weight excluding hydrogens is 354 g/mol. The van der Waals surface area contributed by atoms with Crippen molar-refractivity contribution in [1.29, 1.82) is 0 Å². The maximum Gasteiger partial charge on any atom is 0.115 e. The standard InChI is InChI=1S/C15H22BrN3O.ClH/c16-15-2-1-14(20)9-12(15)10-18-6-3-13(11-18)19-7-4-17-5-8-19;/h1-2,9,13,17,20H,3-8,10-11H2;1H. The summed E-state index contributed by atoms with van der Waals surface area (Å²) in [6, 6.07) is 6.21. The number of likely N-dealkylation sites (tertiary alicyclic amines) is 1. The van der Waals surface area contributed by atoms with Crippen LogP contribution in [0.4, 0.5) is 0 Å². The summed E-state index contributed by atoms with van der Waals surface area (Å²) in [5.41, 5.74) is 1.17. The number of hydrogen-bond acceptors (Lipinski definition) is 4. The fraction of sp³-hybridized carbons (Fsp3) is 0.600. The van der Waals surface area contributed by atoms with Gasteiger partial charge in [0.2, 0.25) is 0 Å². The van der Waals surface area contributed by atoms with Crippen molar-refractivity contribution in [1.82, 2.24) is 15.1 Å². The predicted octanol–water partition coefficient (Wildman–Crippen LogP) is 2.06. The molecule has 2 fully saturated rings. The first-order chi connectivity index (χ1) is 9.72. The number of phenols is 1. The van der Waals surface area contributed by atoms with Crippen molar-refractivity contribution in [3.05, 3.63) is 28.2 Å². The topological polar surface area (TPSA) is 38.7 Å². The molecule has 1 aromatic carbocycles. The van der Waals surface area contributed by atoms with Crippen molar-refractivity contribution in [3.63, 3.8) is 0 Å². The molecule has 1 atom stereocenters. The summed E-state index contributed by atoms with van der Waals surface area (Å²) < 4.78 is 1.08. The number of nitrogens with zero attached hydrogens (tertiary/aromatic N) is 2. The minimum Gasteiger partial charge on any atom is -0.508 e. The highest BCUT2D eigenvalue weighted by Crippen LogP contribution is 2.25. The number of hydrogen-bond donors (Lipinski definition) is 2. The summed E-state index contributed by atoms with van der Waals surface area (Å²) in [5, 5.41) is 13.0. The quantitative estimate of drug-likeness (QED) is 0.847. The minimum absolute atomic E-state index is 0. The second kappa shape index (κ2) is 7.79. The van der Waals surface area contributed by atoms with Crippen molar-refractivity contribution in [2.24, 2.45) is 0 Å². The Morgan fingerprint density at radius 2 is 2.00 bits per heavy atom. The number of phenolic OH excluding ortho intramolecular Hbond substituents is 1. The van der Waals surface area contributed by atoms with Gasteiger partial charge in [0, 0.05) is 56.3 Å². The fourth-order valence-electron chi connectivity index (χ4n) is 3.22. The van der Waals surface area contributed by atoms with Gasteiger partial charge in [-0.05, 0) is 30.2 Å². The van der Waals surface area contributed by atoms with E-state index in [1.807, 2.05) is 12.1 Å². The molecule has 3 rings (SSSR count). The van der Waals surface area contributed by atoms with E-state index >= 15 is 0 Å². The molecule has 0 saturated carbocycles. The zero-order valence-electron chi connectivity index (χ0n) is 12.1. The number of nitrogens with one attached hydrogen (secondary N) is 1. The highest BCUT2D eigenvalue weighted by atomic mass is 79.9. The van der Waals surface area contributed by atoms with Crippen molar-refractivity contribution >= 4 is 28.3 Å². The van der Waals surface area contributed by atoms with E-state index in [0.717, 1.165) is 37.2 Å². The number of benzene rings is 1. The number of rotatable bonds is 3. The summed E-state index contributed by atoms with van der Waals surface area (Å²) in [4.78, 5) is 5.11. The molecule has 2 N–H and O–H groups in total. The Labute approximate surface area is 141 Å². The molecule has 2 heterocycles. The summed E-state index contributed by atoms with van der Waals surface area (Å²) in [6.45, 7) is 7.79. The number of piperazine rings is 1. The second-order valence-electron chi connectivity index (χ2n) is 5.74. The fourth-order valence-corrected chi connectivity index (χ4v) is 3.60. The summed E-state index contributed by atoms with van der Waals surface area (Å²) in [6.07, 6.45) is 1.26. The normalized spacial score (nSPS) is 24.0. The lowest BCUT2D eigenvalue weighted by Gasteiger charge is -2.32. The van der Waals surface area contributed by atoms with Gasteiger partial charge in [-0.1, -0.05) is 15.9 Å². The van der Waals surface area contributed by atoms with E-state index in [0.29, 0.717) is 11.8 Å². The number of halogens is 2. The van der Waals surface area contributed by atoms with Crippen LogP contribution in [0.2, 0.25) is 0 Å². The van der Waals surface area contributed by atoms with Crippen molar-refractivity contribution < 1.29 is 5.11 Å². The summed E-state index contributed by atoms with van der Waals surface area (Å²) >= 11 is 3.57. The molecule has 118 valence electrons. The van der Waals surface area contributed by atoms with Gasteiger partial charge in [0.1, 0.15) is 5.75 Å². The molecule has 0 aromatic heterocycles. The maximum atomic E-state index is 9.61. The van der Waals surface area contributed by atoms with Crippen LogP contribution in [0.5, 0.6) is 5.75 Å². The first-order valence-corrected chi connectivity index (χ1v) is 8.16. The second-order valence-corrected chi connectivity index (χ2v) is 6.59. The van der Waals surface area contributed by atoms with Gasteiger partial charge >= 0.3 is 0 Å². The van der Waals surface area contributed by atoms with Crippen LogP contribution in [-0.2, 0) is 6.54 Å². The van der Waals surface area contributed by atoms with Crippen LogP contribution in [0.25, 0.3) is 0 Å². The van der Waals surface area contributed by atoms with Crippen molar-refractivity contribution in [2.45, 2.75) is 19.0 Å². The Balaban J connectivity index is 0.00000161.